The van der Waals surface area contributed by atoms with Crippen molar-refractivity contribution in [1.82, 2.24) is 4.57 Å². The summed E-state index contributed by atoms with van der Waals surface area (Å²) < 4.78 is 1.57. The minimum absolute atomic E-state index is 0.0598. The SMILES string of the molecule is Cc1cccn(C(CO)c2ccccc2)c1=O. The number of hydrogen-bond acceptors (Lipinski definition) is 2. The van der Waals surface area contributed by atoms with Gasteiger partial charge in [0, 0.05) is 11.8 Å². The van der Waals surface area contributed by atoms with E-state index in [2.05, 4.69) is 0 Å². The van der Waals surface area contributed by atoms with E-state index in [1.807, 2.05) is 36.4 Å². The average molecular weight is 229 g/mol. The molecule has 0 radical (unpaired) electrons. The van der Waals surface area contributed by atoms with Gasteiger partial charge in [-0.1, -0.05) is 36.4 Å². The van der Waals surface area contributed by atoms with Gasteiger partial charge in [-0.15, -0.1) is 0 Å². The van der Waals surface area contributed by atoms with E-state index in [0.29, 0.717) is 5.56 Å². The summed E-state index contributed by atoms with van der Waals surface area (Å²) in [6.07, 6.45) is 1.71. The molecule has 1 atom stereocenters. The van der Waals surface area contributed by atoms with Crippen LogP contribution in [-0.2, 0) is 0 Å². The molecule has 88 valence electrons. The Hall–Kier alpha value is -1.87. The predicted molar refractivity (Wildman–Crippen MR) is 67.1 cm³/mol. The van der Waals surface area contributed by atoms with E-state index in [4.69, 9.17) is 0 Å². The molecule has 0 amide bonds. The molecule has 0 bridgehead atoms. The van der Waals surface area contributed by atoms with Gasteiger partial charge in [-0.05, 0) is 18.6 Å². The molecule has 0 fully saturated rings. The molecule has 2 rings (SSSR count). The molecule has 1 aromatic heterocycles. The minimum atomic E-state index is -0.316. The first kappa shape index (κ1) is 11.6. The number of aryl methyl sites for hydroxylation is 1. The highest BCUT2D eigenvalue weighted by atomic mass is 16.3. The molecule has 3 heteroatoms. The van der Waals surface area contributed by atoms with Gasteiger partial charge in [0.05, 0.1) is 12.6 Å². The van der Waals surface area contributed by atoms with Gasteiger partial charge in [-0.25, -0.2) is 0 Å². The van der Waals surface area contributed by atoms with Gasteiger partial charge >= 0.3 is 0 Å². The Morgan fingerprint density at radius 2 is 1.88 bits per heavy atom. The standard InChI is InChI=1S/C14H15NO2/c1-11-6-5-9-15(14(11)17)13(10-16)12-7-3-2-4-8-12/h2-9,13,16H,10H2,1H3. The average Bonchev–Trinajstić information content (AvgIpc) is 2.37. The summed E-state index contributed by atoms with van der Waals surface area (Å²) >= 11 is 0. The number of nitrogens with zero attached hydrogens (tertiary/aromatic N) is 1. The van der Waals surface area contributed by atoms with Crippen LogP contribution in [0.25, 0.3) is 0 Å². The maximum atomic E-state index is 12.0. The first-order valence-corrected chi connectivity index (χ1v) is 5.57. The first-order valence-electron chi connectivity index (χ1n) is 5.57. The summed E-state index contributed by atoms with van der Waals surface area (Å²) in [4.78, 5) is 12.0. The Morgan fingerprint density at radius 3 is 2.53 bits per heavy atom. The van der Waals surface area contributed by atoms with Crippen LogP contribution in [0.3, 0.4) is 0 Å². The molecule has 0 saturated carbocycles. The predicted octanol–water partition coefficient (Wildman–Crippen LogP) is 1.74. The lowest BCUT2D eigenvalue weighted by Crippen LogP contribution is -2.28. The summed E-state index contributed by atoms with van der Waals surface area (Å²) in [6.45, 7) is 1.69. The lowest BCUT2D eigenvalue weighted by molar-refractivity contribution is 0.247. The van der Waals surface area contributed by atoms with Gasteiger partial charge in [-0.2, -0.15) is 0 Å². The van der Waals surface area contributed by atoms with Gasteiger partial charge in [0.1, 0.15) is 0 Å². The zero-order valence-corrected chi connectivity index (χ0v) is 9.71. The smallest absolute Gasteiger partial charge is 0.254 e. The molecule has 1 N–H and O–H groups in total. The molecule has 0 aliphatic rings. The maximum Gasteiger partial charge on any atom is 0.254 e. The quantitative estimate of drug-likeness (QED) is 0.871. The van der Waals surface area contributed by atoms with Crippen molar-refractivity contribution in [2.45, 2.75) is 13.0 Å². The van der Waals surface area contributed by atoms with Crippen molar-refractivity contribution in [3.63, 3.8) is 0 Å². The third kappa shape index (κ3) is 2.29. The Kier molecular flexibility index (Phi) is 3.40. The Labute approximate surface area is 100.0 Å². The normalized spacial score (nSPS) is 12.4. The number of rotatable bonds is 3. The second-order valence-electron chi connectivity index (χ2n) is 4.01. The summed E-state index contributed by atoms with van der Waals surface area (Å²) in [5.41, 5.74) is 1.56. The van der Waals surface area contributed by atoms with Gasteiger partial charge in [-0.3, -0.25) is 4.79 Å². The summed E-state index contributed by atoms with van der Waals surface area (Å²) in [5, 5.41) is 9.49. The van der Waals surface area contributed by atoms with E-state index >= 15 is 0 Å². The second-order valence-corrected chi connectivity index (χ2v) is 4.01. The van der Waals surface area contributed by atoms with E-state index in [1.165, 1.54) is 0 Å². The molecule has 1 aromatic carbocycles. The van der Waals surface area contributed by atoms with Crippen molar-refractivity contribution in [3.8, 4) is 0 Å². The van der Waals surface area contributed by atoms with Crippen LogP contribution >= 0.6 is 0 Å². The lowest BCUT2D eigenvalue weighted by atomic mass is 10.1. The fourth-order valence-corrected chi connectivity index (χ4v) is 1.90. The van der Waals surface area contributed by atoms with Crippen LogP contribution in [0.2, 0.25) is 0 Å². The molecule has 1 heterocycles. The van der Waals surface area contributed by atoms with Crippen LogP contribution in [0.5, 0.6) is 0 Å². The largest absolute Gasteiger partial charge is 0.394 e. The highest BCUT2D eigenvalue weighted by molar-refractivity contribution is 5.21. The minimum Gasteiger partial charge on any atom is -0.394 e. The van der Waals surface area contributed by atoms with Crippen molar-refractivity contribution >= 4 is 0 Å². The van der Waals surface area contributed by atoms with Crippen LogP contribution in [-0.4, -0.2) is 16.3 Å². The van der Waals surface area contributed by atoms with Gasteiger partial charge in [0.15, 0.2) is 0 Å². The van der Waals surface area contributed by atoms with Crippen molar-refractivity contribution in [1.29, 1.82) is 0 Å². The maximum absolute atomic E-state index is 12.0. The van der Waals surface area contributed by atoms with Crippen molar-refractivity contribution < 1.29 is 5.11 Å². The lowest BCUT2D eigenvalue weighted by Gasteiger charge is -2.18. The van der Waals surface area contributed by atoms with E-state index in [9.17, 15) is 9.90 Å². The Balaban J connectivity index is 2.50. The van der Waals surface area contributed by atoms with Gasteiger partial charge in [0.25, 0.3) is 5.56 Å². The van der Waals surface area contributed by atoms with E-state index in [1.54, 1.807) is 23.8 Å². The fraction of sp³-hybridized carbons (Fsp3) is 0.214. The molecular formula is C14H15NO2. The second kappa shape index (κ2) is 4.97. The molecule has 0 aliphatic heterocycles. The van der Waals surface area contributed by atoms with Crippen LogP contribution in [0, 0.1) is 6.92 Å². The van der Waals surface area contributed by atoms with Crippen LogP contribution in [0.4, 0.5) is 0 Å². The number of aliphatic hydroxyl groups excluding tert-OH is 1. The monoisotopic (exact) mass is 229 g/mol. The van der Waals surface area contributed by atoms with Crippen LogP contribution in [0.15, 0.2) is 53.5 Å². The Morgan fingerprint density at radius 1 is 1.18 bits per heavy atom. The zero-order valence-electron chi connectivity index (χ0n) is 9.71. The van der Waals surface area contributed by atoms with E-state index in [-0.39, 0.29) is 18.2 Å². The van der Waals surface area contributed by atoms with Gasteiger partial charge < -0.3 is 9.67 Å². The van der Waals surface area contributed by atoms with E-state index < -0.39 is 0 Å². The molecule has 0 spiro atoms. The fourth-order valence-electron chi connectivity index (χ4n) is 1.90. The number of benzene rings is 1. The third-order valence-electron chi connectivity index (χ3n) is 2.86. The molecule has 1 unspecified atom stereocenters. The third-order valence-corrected chi connectivity index (χ3v) is 2.86. The highest BCUT2D eigenvalue weighted by Crippen LogP contribution is 2.15. The highest BCUT2D eigenvalue weighted by Gasteiger charge is 2.13. The zero-order chi connectivity index (χ0) is 12.3. The Bertz CT molecular complexity index is 546. The summed E-state index contributed by atoms with van der Waals surface area (Å²) in [6, 6.07) is 12.8. The summed E-state index contributed by atoms with van der Waals surface area (Å²) in [5.74, 6) is 0. The summed E-state index contributed by atoms with van der Waals surface area (Å²) in [7, 11) is 0. The number of aromatic nitrogens is 1. The van der Waals surface area contributed by atoms with Gasteiger partial charge in [0.2, 0.25) is 0 Å². The van der Waals surface area contributed by atoms with Crippen LogP contribution < -0.4 is 5.56 Å². The molecule has 0 aliphatic carbocycles. The molecule has 0 saturated heterocycles. The van der Waals surface area contributed by atoms with E-state index in [0.717, 1.165) is 5.56 Å². The number of pyridine rings is 1. The molecular weight excluding hydrogens is 214 g/mol. The van der Waals surface area contributed by atoms with Crippen molar-refractivity contribution in [2.24, 2.45) is 0 Å². The topological polar surface area (TPSA) is 42.2 Å². The first-order chi connectivity index (χ1) is 8.24. The van der Waals surface area contributed by atoms with Crippen molar-refractivity contribution in [2.75, 3.05) is 6.61 Å². The molecule has 17 heavy (non-hydrogen) atoms. The number of aliphatic hydroxyl groups is 1. The van der Waals surface area contributed by atoms with Crippen molar-refractivity contribution in [3.05, 3.63) is 70.1 Å². The molecule has 2 aromatic rings. The van der Waals surface area contributed by atoms with Crippen LogP contribution in [0.1, 0.15) is 17.2 Å². The number of hydrogen-bond donors (Lipinski definition) is 1. The molecule has 3 nitrogen and oxygen atoms in total.